The molecular weight excluding hydrogens is 370 g/mol. The van der Waals surface area contributed by atoms with E-state index in [1.807, 2.05) is 12.1 Å². The second-order valence-electron chi connectivity index (χ2n) is 7.06. The first-order valence-electron chi connectivity index (χ1n) is 9.18. The highest BCUT2D eigenvalue weighted by Crippen LogP contribution is 2.33. The Labute approximate surface area is 163 Å². The third kappa shape index (κ3) is 4.18. The Hall–Kier alpha value is -2.28. The minimum atomic E-state index is -0.804. The fourth-order valence-electron chi connectivity index (χ4n) is 3.55. The van der Waals surface area contributed by atoms with Crippen molar-refractivity contribution in [2.45, 2.75) is 37.6 Å². The molecule has 0 bridgehead atoms. The number of ether oxygens (including phenoxy) is 1. The maximum atomic E-state index is 12.7. The van der Waals surface area contributed by atoms with E-state index in [9.17, 15) is 14.4 Å². The van der Waals surface area contributed by atoms with Crippen molar-refractivity contribution in [3.05, 3.63) is 29.3 Å². The van der Waals surface area contributed by atoms with Gasteiger partial charge in [-0.2, -0.15) is 0 Å². The van der Waals surface area contributed by atoms with Gasteiger partial charge in [0.05, 0.1) is 11.6 Å². The molecule has 0 unspecified atom stereocenters. The number of rotatable bonds is 6. The van der Waals surface area contributed by atoms with Crippen molar-refractivity contribution >= 4 is 29.4 Å². The first kappa shape index (κ1) is 19.5. The molecule has 146 valence electrons. The van der Waals surface area contributed by atoms with Crippen LogP contribution in [0.4, 0.5) is 4.79 Å². The molecule has 1 aromatic rings. The molecule has 0 aromatic heterocycles. The van der Waals surface area contributed by atoms with E-state index in [2.05, 4.69) is 5.32 Å². The van der Waals surface area contributed by atoms with Crippen LogP contribution >= 0.6 is 11.6 Å². The molecule has 1 saturated heterocycles. The summed E-state index contributed by atoms with van der Waals surface area (Å²) in [6.45, 7) is 0.323. The minimum absolute atomic E-state index is 0.255. The second kappa shape index (κ2) is 8.17. The fourth-order valence-corrected chi connectivity index (χ4v) is 3.74. The summed E-state index contributed by atoms with van der Waals surface area (Å²) >= 11 is 6.02. The first-order chi connectivity index (χ1) is 12.9. The minimum Gasteiger partial charge on any atom is -0.490 e. The van der Waals surface area contributed by atoms with Crippen molar-refractivity contribution in [1.29, 1.82) is 0 Å². The van der Waals surface area contributed by atoms with E-state index in [1.165, 1.54) is 4.90 Å². The molecule has 3 rings (SSSR count). The molecule has 8 heteroatoms. The number of benzene rings is 1. The van der Waals surface area contributed by atoms with Gasteiger partial charge in [0.2, 0.25) is 5.91 Å². The van der Waals surface area contributed by atoms with Crippen LogP contribution in [-0.2, 0) is 9.59 Å². The Morgan fingerprint density at radius 2 is 1.96 bits per heavy atom. The number of halogens is 1. The molecule has 1 N–H and O–H groups in total. The van der Waals surface area contributed by atoms with E-state index in [1.54, 1.807) is 19.2 Å². The lowest BCUT2D eigenvalue weighted by Gasteiger charge is -2.30. The highest BCUT2D eigenvalue weighted by atomic mass is 35.5. The van der Waals surface area contributed by atoms with E-state index < -0.39 is 11.6 Å². The normalized spacial score (nSPS) is 18.5. The molecule has 1 heterocycles. The van der Waals surface area contributed by atoms with Gasteiger partial charge in [-0.05, 0) is 25.0 Å². The Kier molecular flexibility index (Phi) is 5.89. The van der Waals surface area contributed by atoms with Gasteiger partial charge in [-0.15, -0.1) is 0 Å². The van der Waals surface area contributed by atoms with Gasteiger partial charge in [0.1, 0.15) is 24.4 Å². The Morgan fingerprint density at radius 1 is 1.26 bits per heavy atom. The maximum absolute atomic E-state index is 12.7. The average Bonchev–Trinajstić information content (AvgIpc) is 2.87. The number of hydrogen-bond acceptors (Lipinski definition) is 4. The SMILES string of the molecule is CN(CCOc1ccccc1Cl)C(=O)CN1C(=O)NC2(CCCCC2)C1=O. The lowest BCUT2D eigenvalue weighted by molar-refractivity contribution is -0.139. The van der Waals surface area contributed by atoms with Crippen molar-refractivity contribution in [3.8, 4) is 5.75 Å². The number of para-hydroxylation sites is 1. The van der Waals surface area contributed by atoms with Crippen LogP contribution in [-0.4, -0.2) is 59.9 Å². The predicted octanol–water partition coefficient (Wildman–Crippen LogP) is 2.43. The monoisotopic (exact) mass is 393 g/mol. The molecule has 4 amide bonds. The Balaban J connectivity index is 1.51. The topological polar surface area (TPSA) is 79.0 Å². The van der Waals surface area contributed by atoms with Crippen molar-refractivity contribution in [3.63, 3.8) is 0 Å². The van der Waals surface area contributed by atoms with Crippen LogP contribution in [0.2, 0.25) is 5.02 Å². The molecule has 0 radical (unpaired) electrons. The average molecular weight is 394 g/mol. The van der Waals surface area contributed by atoms with Crippen molar-refractivity contribution in [1.82, 2.24) is 15.1 Å². The summed E-state index contributed by atoms with van der Waals surface area (Å²) in [5.74, 6) is -0.0382. The summed E-state index contributed by atoms with van der Waals surface area (Å²) in [7, 11) is 1.62. The number of amides is 4. The third-order valence-electron chi connectivity index (χ3n) is 5.19. The molecule has 1 saturated carbocycles. The highest BCUT2D eigenvalue weighted by molar-refractivity contribution is 6.32. The van der Waals surface area contributed by atoms with E-state index >= 15 is 0 Å². The lowest BCUT2D eigenvalue weighted by Crippen LogP contribution is -2.49. The third-order valence-corrected chi connectivity index (χ3v) is 5.51. The molecule has 7 nitrogen and oxygen atoms in total. The Bertz CT molecular complexity index is 733. The number of imide groups is 1. The van der Waals surface area contributed by atoms with Crippen molar-refractivity contribution in [2.75, 3.05) is 26.7 Å². The molecule has 1 spiro atoms. The van der Waals surface area contributed by atoms with Crippen molar-refractivity contribution < 1.29 is 19.1 Å². The molecule has 2 aliphatic rings. The molecule has 1 aliphatic carbocycles. The van der Waals surface area contributed by atoms with Crippen LogP contribution < -0.4 is 10.1 Å². The van der Waals surface area contributed by atoms with Crippen LogP contribution in [0.5, 0.6) is 5.75 Å². The largest absolute Gasteiger partial charge is 0.490 e. The fraction of sp³-hybridized carbons (Fsp3) is 0.526. The smallest absolute Gasteiger partial charge is 0.325 e. The molecular formula is C19H24ClN3O4. The Morgan fingerprint density at radius 3 is 2.67 bits per heavy atom. The predicted molar refractivity (Wildman–Crippen MR) is 101 cm³/mol. The summed E-state index contributed by atoms with van der Waals surface area (Å²) in [6.07, 6.45) is 4.17. The standard InChI is InChI=1S/C19H24ClN3O4/c1-22(11-12-27-15-8-4-3-7-14(15)20)16(24)13-23-17(25)19(21-18(23)26)9-5-2-6-10-19/h3-4,7-8H,2,5-6,9-13H2,1H3,(H,21,26). The quantitative estimate of drug-likeness (QED) is 0.753. The van der Waals surface area contributed by atoms with Gasteiger partial charge in [-0.1, -0.05) is 43.0 Å². The van der Waals surface area contributed by atoms with Gasteiger partial charge in [-0.3, -0.25) is 14.5 Å². The molecule has 1 aromatic carbocycles. The molecule has 1 aliphatic heterocycles. The van der Waals surface area contributed by atoms with E-state index in [-0.39, 0.29) is 25.0 Å². The summed E-state index contributed by atoms with van der Waals surface area (Å²) in [5.41, 5.74) is -0.804. The van der Waals surface area contributed by atoms with Gasteiger partial charge in [0.15, 0.2) is 0 Å². The number of hydrogen-bond donors (Lipinski definition) is 1. The van der Waals surface area contributed by atoms with E-state index in [0.717, 1.165) is 24.2 Å². The maximum Gasteiger partial charge on any atom is 0.325 e. The van der Waals surface area contributed by atoms with E-state index in [0.29, 0.717) is 30.2 Å². The van der Waals surface area contributed by atoms with Crippen LogP contribution in [0.15, 0.2) is 24.3 Å². The highest BCUT2D eigenvalue weighted by Gasteiger charge is 2.51. The van der Waals surface area contributed by atoms with Gasteiger partial charge in [0.25, 0.3) is 5.91 Å². The molecule has 0 atom stereocenters. The zero-order valence-electron chi connectivity index (χ0n) is 15.4. The van der Waals surface area contributed by atoms with Gasteiger partial charge in [-0.25, -0.2) is 4.79 Å². The molecule has 2 fully saturated rings. The number of nitrogens with one attached hydrogen (secondary N) is 1. The van der Waals surface area contributed by atoms with Gasteiger partial charge in [0, 0.05) is 7.05 Å². The second-order valence-corrected chi connectivity index (χ2v) is 7.47. The first-order valence-corrected chi connectivity index (χ1v) is 9.56. The van der Waals surface area contributed by atoms with Crippen LogP contribution in [0.25, 0.3) is 0 Å². The molecule has 27 heavy (non-hydrogen) atoms. The zero-order chi connectivity index (χ0) is 19.4. The number of urea groups is 1. The number of likely N-dealkylation sites (N-methyl/N-ethyl adjacent to an activating group) is 1. The summed E-state index contributed by atoms with van der Waals surface area (Å²) in [6, 6.07) is 6.62. The van der Waals surface area contributed by atoms with Crippen molar-refractivity contribution in [2.24, 2.45) is 0 Å². The van der Waals surface area contributed by atoms with E-state index in [4.69, 9.17) is 16.3 Å². The van der Waals surface area contributed by atoms with Crippen LogP contribution in [0.3, 0.4) is 0 Å². The van der Waals surface area contributed by atoms with Gasteiger partial charge < -0.3 is 15.0 Å². The number of nitrogens with zero attached hydrogens (tertiary/aromatic N) is 2. The zero-order valence-corrected chi connectivity index (χ0v) is 16.1. The van der Waals surface area contributed by atoms with Crippen LogP contribution in [0.1, 0.15) is 32.1 Å². The number of carbonyl (C=O) groups is 3. The van der Waals surface area contributed by atoms with Crippen LogP contribution in [0, 0.1) is 0 Å². The number of carbonyl (C=O) groups excluding carboxylic acids is 3. The van der Waals surface area contributed by atoms with Gasteiger partial charge >= 0.3 is 6.03 Å². The summed E-state index contributed by atoms with van der Waals surface area (Å²) < 4.78 is 5.57. The summed E-state index contributed by atoms with van der Waals surface area (Å²) in [4.78, 5) is 39.9. The lowest BCUT2D eigenvalue weighted by atomic mass is 9.82. The summed E-state index contributed by atoms with van der Waals surface area (Å²) in [5, 5.41) is 3.31.